The van der Waals surface area contributed by atoms with Gasteiger partial charge in [-0.05, 0) is 13.8 Å². The first kappa shape index (κ1) is 11.3. The number of hydrogen-bond acceptors (Lipinski definition) is 3. The molecular weight excluding hydrogens is 244 g/mol. The standard InChI is InChI=1S/C9H13N4.BrH/c1-3-13(4-2)5-8-9(12-7-13)11-6-10-8;/h5-7H,3-4H2,1-2H3;1H/q+1;/p-1. The SMILES string of the molecule is CC[N+]1(CC)C=NC2=NC=NC2=C1.[Br-]. The molecular formula is C9H13BrN4. The number of rotatable bonds is 2. The number of fused-ring (bicyclic) bond motifs is 1. The van der Waals surface area contributed by atoms with Crippen LogP contribution in [0.2, 0.25) is 0 Å². The Hall–Kier alpha value is -0.810. The van der Waals surface area contributed by atoms with E-state index in [1.54, 1.807) is 6.34 Å². The van der Waals surface area contributed by atoms with Crippen molar-refractivity contribution in [3.8, 4) is 0 Å². The van der Waals surface area contributed by atoms with Crippen molar-refractivity contribution in [3.63, 3.8) is 0 Å². The fourth-order valence-electron chi connectivity index (χ4n) is 1.48. The second kappa shape index (κ2) is 4.14. The number of hydrogen-bond donors (Lipinski definition) is 0. The molecule has 0 N–H and O–H groups in total. The molecule has 2 aliphatic heterocycles. The van der Waals surface area contributed by atoms with Crippen molar-refractivity contribution in [3.05, 3.63) is 11.9 Å². The van der Waals surface area contributed by atoms with E-state index in [4.69, 9.17) is 0 Å². The molecule has 2 aliphatic rings. The van der Waals surface area contributed by atoms with Gasteiger partial charge in [-0.1, -0.05) is 0 Å². The van der Waals surface area contributed by atoms with E-state index in [0.717, 1.165) is 29.1 Å². The molecule has 0 saturated carbocycles. The number of aliphatic imine (C=N–C) groups is 3. The maximum absolute atomic E-state index is 4.29. The summed E-state index contributed by atoms with van der Waals surface area (Å²) in [6.07, 6.45) is 5.62. The molecule has 0 fully saturated rings. The van der Waals surface area contributed by atoms with Crippen molar-refractivity contribution < 1.29 is 21.5 Å². The summed E-state index contributed by atoms with van der Waals surface area (Å²) >= 11 is 0. The Morgan fingerprint density at radius 3 is 2.57 bits per heavy atom. The lowest BCUT2D eigenvalue weighted by molar-refractivity contribution is -0.778. The quantitative estimate of drug-likeness (QED) is 0.522. The Morgan fingerprint density at radius 2 is 1.93 bits per heavy atom. The summed E-state index contributed by atoms with van der Waals surface area (Å²) in [5.41, 5.74) is 0.909. The van der Waals surface area contributed by atoms with Crippen LogP contribution in [0, 0.1) is 0 Å². The van der Waals surface area contributed by atoms with Gasteiger partial charge in [-0.25, -0.2) is 9.98 Å². The van der Waals surface area contributed by atoms with Crippen LogP contribution in [0.25, 0.3) is 0 Å². The van der Waals surface area contributed by atoms with Crippen LogP contribution in [-0.2, 0) is 0 Å². The van der Waals surface area contributed by atoms with Crippen LogP contribution in [0.5, 0.6) is 0 Å². The van der Waals surface area contributed by atoms with Crippen molar-refractivity contribution in [2.45, 2.75) is 13.8 Å². The molecule has 0 saturated heterocycles. The van der Waals surface area contributed by atoms with E-state index in [-0.39, 0.29) is 17.0 Å². The summed E-state index contributed by atoms with van der Waals surface area (Å²) in [5.74, 6) is 0.746. The first-order valence-corrected chi connectivity index (χ1v) is 4.55. The molecule has 0 aromatic heterocycles. The van der Waals surface area contributed by atoms with Gasteiger partial charge in [0.25, 0.3) is 0 Å². The van der Waals surface area contributed by atoms with Crippen LogP contribution in [0.3, 0.4) is 0 Å². The number of nitrogens with zero attached hydrogens (tertiary/aromatic N) is 4. The van der Waals surface area contributed by atoms with Crippen molar-refractivity contribution in [2.24, 2.45) is 15.0 Å². The van der Waals surface area contributed by atoms with E-state index < -0.39 is 0 Å². The number of amidine groups is 1. The second-order valence-electron chi connectivity index (χ2n) is 3.19. The van der Waals surface area contributed by atoms with Crippen LogP contribution in [0.1, 0.15) is 13.8 Å². The van der Waals surface area contributed by atoms with Gasteiger partial charge in [0.15, 0.2) is 17.9 Å². The fourth-order valence-corrected chi connectivity index (χ4v) is 1.48. The van der Waals surface area contributed by atoms with Crippen molar-refractivity contribution in [2.75, 3.05) is 13.1 Å². The second-order valence-corrected chi connectivity index (χ2v) is 3.19. The predicted molar refractivity (Wildman–Crippen MR) is 53.8 cm³/mol. The largest absolute Gasteiger partial charge is 1.00 e. The van der Waals surface area contributed by atoms with Gasteiger partial charge >= 0.3 is 0 Å². The highest BCUT2D eigenvalue weighted by atomic mass is 79.9. The fraction of sp³-hybridized carbons (Fsp3) is 0.444. The third kappa shape index (κ3) is 1.69. The molecule has 2 heterocycles. The van der Waals surface area contributed by atoms with Gasteiger partial charge in [-0.15, -0.1) is 0 Å². The van der Waals surface area contributed by atoms with Gasteiger partial charge in [0.05, 0.1) is 13.1 Å². The lowest BCUT2D eigenvalue weighted by Gasteiger charge is -2.28. The lowest BCUT2D eigenvalue weighted by Crippen LogP contribution is -3.00. The van der Waals surface area contributed by atoms with Gasteiger partial charge in [-0.2, -0.15) is 4.99 Å². The van der Waals surface area contributed by atoms with E-state index in [2.05, 4.69) is 35.0 Å². The normalized spacial score (nSPS) is 21.0. The molecule has 0 aromatic rings. The summed E-state index contributed by atoms with van der Waals surface area (Å²) < 4.78 is 0.770. The average Bonchev–Trinajstić information content (AvgIpc) is 2.64. The van der Waals surface area contributed by atoms with Gasteiger partial charge in [0, 0.05) is 0 Å². The van der Waals surface area contributed by atoms with E-state index >= 15 is 0 Å². The van der Waals surface area contributed by atoms with E-state index in [1.165, 1.54) is 0 Å². The highest BCUT2D eigenvalue weighted by molar-refractivity contribution is 6.09. The molecule has 0 bridgehead atoms. The van der Waals surface area contributed by atoms with E-state index in [9.17, 15) is 0 Å². The van der Waals surface area contributed by atoms with Crippen molar-refractivity contribution >= 4 is 18.5 Å². The molecule has 2 rings (SSSR count). The lowest BCUT2D eigenvalue weighted by atomic mass is 10.3. The first-order valence-electron chi connectivity index (χ1n) is 4.55. The molecule has 0 aliphatic carbocycles. The molecule has 4 nitrogen and oxygen atoms in total. The maximum Gasteiger partial charge on any atom is 0.196 e. The Morgan fingerprint density at radius 1 is 1.21 bits per heavy atom. The van der Waals surface area contributed by atoms with Crippen LogP contribution in [0.15, 0.2) is 26.9 Å². The van der Waals surface area contributed by atoms with Crippen LogP contribution < -0.4 is 17.0 Å². The minimum atomic E-state index is 0. The third-order valence-corrected chi connectivity index (χ3v) is 2.57. The monoisotopic (exact) mass is 256 g/mol. The van der Waals surface area contributed by atoms with Gasteiger partial charge < -0.3 is 17.0 Å². The van der Waals surface area contributed by atoms with E-state index in [1.807, 2.05) is 6.34 Å². The average molecular weight is 257 g/mol. The zero-order valence-corrected chi connectivity index (χ0v) is 9.90. The minimum Gasteiger partial charge on any atom is -1.00 e. The third-order valence-electron chi connectivity index (χ3n) is 2.57. The summed E-state index contributed by atoms with van der Waals surface area (Å²) in [6, 6.07) is 0. The summed E-state index contributed by atoms with van der Waals surface area (Å²) in [6.45, 7) is 6.30. The zero-order valence-electron chi connectivity index (χ0n) is 8.31. The molecule has 0 atom stereocenters. The maximum atomic E-state index is 4.29. The summed E-state index contributed by atoms with van der Waals surface area (Å²) in [4.78, 5) is 12.5. The number of halogens is 1. The molecule has 76 valence electrons. The van der Waals surface area contributed by atoms with Crippen LogP contribution in [0.4, 0.5) is 0 Å². The first-order chi connectivity index (χ1) is 6.29. The number of quaternary nitrogens is 1. The van der Waals surface area contributed by atoms with Crippen LogP contribution in [-0.4, -0.2) is 36.1 Å². The Labute approximate surface area is 94.1 Å². The zero-order chi connectivity index (χ0) is 9.31. The van der Waals surface area contributed by atoms with E-state index in [0.29, 0.717) is 0 Å². The Balaban J connectivity index is 0.000000980. The highest BCUT2D eigenvalue weighted by Gasteiger charge is 2.27. The smallest absolute Gasteiger partial charge is 0.196 e. The highest BCUT2D eigenvalue weighted by Crippen LogP contribution is 2.18. The molecule has 0 aromatic carbocycles. The molecule has 0 unspecified atom stereocenters. The Kier molecular flexibility index (Phi) is 3.34. The summed E-state index contributed by atoms with van der Waals surface area (Å²) in [5, 5.41) is 0. The van der Waals surface area contributed by atoms with Crippen LogP contribution >= 0.6 is 0 Å². The summed E-state index contributed by atoms with van der Waals surface area (Å²) in [7, 11) is 0. The van der Waals surface area contributed by atoms with Gasteiger partial charge in [0.2, 0.25) is 0 Å². The minimum absolute atomic E-state index is 0. The van der Waals surface area contributed by atoms with Gasteiger partial charge in [0.1, 0.15) is 12.5 Å². The van der Waals surface area contributed by atoms with Gasteiger partial charge in [-0.3, -0.25) is 4.48 Å². The molecule has 0 radical (unpaired) electrons. The molecule has 0 amide bonds. The predicted octanol–water partition coefficient (Wildman–Crippen LogP) is -1.83. The van der Waals surface area contributed by atoms with Crippen molar-refractivity contribution in [1.82, 2.24) is 0 Å². The molecule has 5 heteroatoms. The molecule has 0 spiro atoms. The topological polar surface area (TPSA) is 37.1 Å². The molecule has 14 heavy (non-hydrogen) atoms. The van der Waals surface area contributed by atoms with Crippen molar-refractivity contribution in [1.29, 1.82) is 0 Å². The Bertz CT molecular complexity index is 337.